The van der Waals surface area contributed by atoms with Gasteiger partial charge in [0.25, 0.3) is 0 Å². The Morgan fingerprint density at radius 1 is 0.974 bits per heavy atom. The van der Waals surface area contributed by atoms with Gasteiger partial charge in [0.15, 0.2) is 22.1 Å². The zero-order valence-electron chi connectivity index (χ0n) is 21.5. The summed E-state index contributed by atoms with van der Waals surface area (Å²) < 4.78 is 25.1. The number of carbonyl (C=O) groups excluding carboxylic acids is 1. The third-order valence-corrected chi connectivity index (χ3v) is 6.98. The maximum absolute atomic E-state index is 12.1. The molecule has 0 bridgehead atoms. The number of para-hydroxylation sites is 1. The van der Waals surface area contributed by atoms with Crippen LogP contribution in [0.25, 0.3) is 16.7 Å². The fourth-order valence-electron chi connectivity index (χ4n) is 3.96. The highest BCUT2D eigenvalue weighted by Gasteiger charge is 2.27. The lowest BCUT2D eigenvalue weighted by Gasteiger charge is -2.18. The van der Waals surface area contributed by atoms with Gasteiger partial charge >= 0.3 is 0 Å². The van der Waals surface area contributed by atoms with Crippen LogP contribution in [0, 0.1) is 0 Å². The van der Waals surface area contributed by atoms with Crippen molar-refractivity contribution in [3.63, 3.8) is 0 Å². The monoisotopic (exact) mass is 562 g/mol. The summed E-state index contributed by atoms with van der Waals surface area (Å²) in [7, 11) is 3.10. The van der Waals surface area contributed by atoms with Crippen LogP contribution in [0.3, 0.4) is 0 Å². The molecule has 0 aliphatic heterocycles. The number of aromatic nitrogens is 2. The Morgan fingerprint density at radius 3 is 2.36 bits per heavy atom. The Hall–Kier alpha value is -4.41. The molecule has 0 unspecified atom stereocenters. The van der Waals surface area contributed by atoms with E-state index in [-0.39, 0.29) is 5.78 Å². The van der Waals surface area contributed by atoms with E-state index in [1.807, 2.05) is 30.3 Å². The molecular weight excluding hydrogens is 540 g/mol. The van der Waals surface area contributed by atoms with Crippen molar-refractivity contribution in [2.24, 2.45) is 10.2 Å². The van der Waals surface area contributed by atoms with Crippen molar-refractivity contribution < 1.29 is 23.4 Å². The van der Waals surface area contributed by atoms with E-state index in [1.54, 1.807) is 55.3 Å². The van der Waals surface area contributed by atoms with Crippen molar-refractivity contribution in [1.82, 2.24) is 9.78 Å². The van der Waals surface area contributed by atoms with Crippen LogP contribution in [0.4, 0.5) is 0 Å². The molecule has 39 heavy (non-hydrogen) atoms. The topological polar surface area (TPSA) is 100 Å². The molecule has 0 aliphatic rings. The molecule has 9 nitrogen and oxygen atoms in total. The minimum atomic E-state index is -0.180. The molecule has 0 fully saturated rings. The summed E-state index contributed by atoms with van der Waals surface area (Å²) in [6.45, 7) is 3.23. The second-order valence-electron chi connectivity index (χ2n) is 8.27. The molecule has 0 amide bonds. The van der Waals surface area contributed by atoms with Gasteiger partial charge in [-0.3, -0.25) is 4.79 Å². The molecule has 5 aromatic rings. The van der Waals surface area contributed by atoms with E-state index in [1.165, 1.54) is 14.0 Å². The Morgan fingerprint density at radius 2 is 1.69 bits per heavy atom. The normalized spacial score (nSPS) is 12.1. The highest BCUT2D eigenvalue weighted by molar-refractivity contribution is 7.10. The molecule has 0 N–H and O–H groups in total. The lowest BCUT2D eigenvalue weighted by Crippen LogP contribution is -2.14. The number of ketones is 1. The zero-order valence-corrected chi connectivity index (χ0v) is 23.0. The summed E-state index contributed by atoms with van der Waals surface area (Å²) in [4.78, 5) is 12.5. The minimum absolute atomic E-state index is 0.180. The molecule has 0 aliphatic carbocycles. The number of fused-ring (bicyclic) bond motifs is 1. The van der Waals surface area contributed by atoms with Crippen LogP contribution in [-0.4, -0.2) is 35.5 Å². The zero-order chi connectivity index (χ0) is 27.5. The van der Waals surface area contributed by atoms with Gasteiger partial charge in [0.1, 0.15) is 11.5 Å². The molecular formula is C28H23ClN4O5S. The first-order chi connectivity index (χ1) is 18.9. The highest BCUT2D eigenvalue weighted by Crippen LogP contribution is 2.48. The van der Waals surface area contributed by atoms with E-state index >= 15 is 0 Å². The number of methoxy groups -OCH3 is 2. The number of nitrogens with zero attached hydrogens (tertiary/aromatic N) is 4. The average molecular weight is 563 g/mol. The van der Waals surface area contributed by atoms with Gasteiger partial charge in [-0.25, -0.2) is 4.68 Å². The van der Waals surface area contributed by atoms with E-state index in [9.17, 15) is 4.79 Å². The molecule has 198 valence electrons. The quantitative estimate of drug-likeness (QED) is 0.119. The van der Waals surface area contributed by atoms with Crippen molar-refractivity contribution in [3.8, 4) is 28.7 Å². The standard InChI is InChI=1S/C28H23ClN4O5S/c1-16(30-31-28-33(32-27(39-28)17(2)34)19-12-10-18(29)11-13-19)22-23(35-3)21-14-15-37-24(21)26(36-4)25(22)38-20-8-6-5-7-9-20/h5-15H,1-4H3/b30-16+,31-28?. The van der Waals surface area contributed by atoms with Crippen molar-refractivity contribution >= 4 is 45.4 Å². The Bertz CT molecular complexity index is 1750. The summed E-state index contributed by atoms with van der Waals surface area (Å²) in [5, 5.41) is 15.0. The number of benzene rings is 3. The summed E-state index contributed by atoms with van der Waals surface area (Å²) in [6, 6.07) is 18.1. The molecule has 0 atom stereocenters. The molecule has 2 aromatic heterocycles. The van der Waals surface area contributed by atoms with Crippen LogP contribution in [0.5, 0.6) is 23.0 Å². The lowest BCUT2D eigenvalue weighted by atomic mass is 10.0. The van der Waals surface area contributed by atoms with E-state index in [2.05, 4.69) is 15.3 Å². The summed E-state index contributed by atoms with van der Waals surface area (Å²) in [6.07, 6.45) is 1.55. The average Bonchev–Trinajstić information content (AvgIpc) is 3.60. The second-order valence-corrected chi connectivity index (χ2v) is 9.66. The predicted molar refractivity (Wildman–Crippen MR) is 150 cm³/mol. The second kappa shape index (κ2) is 11.1. The Kier molecular flexibility index (Phi) is 7.49. The summed E-state index contributed by atoms with van der Waals surface area (Å²) >= 11 is 7.18. The lowest BCUT2D eigenvalue weighted by molar-refractivity contribution is 0.101. The first-order valence-corrected chi connectivity index (χ1v) is 12.9. The fourth-order valence-corrected chi connectivity index (χ4v) is 4.83. The maximum atomic E-state index is 12.1. The third-order valence-electron chi connectivity index (χ3n) is 5.73. The number of ether oxygens (including phenoxy) is 3. The molecule has 2 heterocycles. The molecule has 0 spiro atoms. The van der Waals surface area contributed by atoms with Gasteiger partial charge < -0.3 is 18.6 Å². The molecule has 11 heteroatoms. The smallest absolute Gasteiger partial charge is 0.233 e. The number of rotatable bonds is 8. The summed E-state index contributed by atoms with van der Waals surface area (Å²) in [5.74, 6) is 1.64. The highest BCUT2D eigenvalue weighted by atomic mass is 35.5. The molecule has 3 aromatic carbocycles. The van der Waals surface area contributed by atoms with Crippen molar-refractivity contribution in [2.75, 3.05) is 14.2 Å². The minimum Gasteiger partial charge on any atom is -0.495 e. The van der Waals surface area contributed by atoms with E-state index in [0.29, 0.717) is 65.8 Å². The van der Waals surface area contributed by atoms with Gasteiger partial charge in [0.05, 0.1) is 42.8 Å². The number of carbonyl (C=O) groups is 1. The SMILES string of the molecule is COc1c(/C(C)=N/N=c2sc(C(C)=O)nn2-c2ccc(Cl)cc2)c(Oc2ccccc2)c(OC)c2occc12. The van der Waals surface area contributed by atoms with Gasteiger partial charge in [-0.05, 0) is 49.4 Å². The molecule has 0 saturated heterocycles. The van der Waals surface area contributed by atoms with Crippen LogP contribution in [0.2, 0.25) is 5.02 Å². The number of hydrogen-bond acceptors (Lipinski definition) is 9. The van der Waals surface area contributed by atoms with Crippen molar-refractivity contribution in [2.45, 2.75) is 13.8 Å². The first-order valence-electron chi connectivity index (χ1n) is 11.7. The van der Waals surface area contributed by atoms with Crippen molar-refractivity contribution in [1.29, 1.82) is 0 Å². The number of hydrogen-bond donors (Lipinski definition) is 0. The molecule has 0 saturated carbocycles. The maximum Gasteiger partial charge on any atom is 0.233 e. The van der Waals surface area contributed by atoms with E-state index in [4.69, 9.17) is 30.2 Å². The number of Topliss-reactive ketones (excluding diaryl/α,β-unsaturated/α-hetero) is 1. The Balaban J connectivity index is 1.72. The van der Waals surface area contributed by atoms with Crippen LogP contribution in [0.1, 0.15) is 29.2 Å². The largest absolute Gasteiger partial charge is 0.495 e. The number of halogens is 1. The van der Waals surface area contributed by atoms with Crippen LogP contribution >= 0.6 is 22.9 Å². The van der Waals surface area contributed by atoms with Crippen molar-refractivity contribution in [3.05, 3.63) is 87.3 Å². The summed E-state index contributed by atoms with van der Waals surface area (Å²) in [5.41, 5.74) is 2.16. The van der Waals surface area contributed by atoms with Gasteiger partial charge in [-0.2, -0.15) is 10.2 Å². The first kappa shape index (κ1) is 26.2. The number of furan rings is 1. The third kappa shape index (κ3) is 5.16. The van der Waals surface area contributed by atoms with Gasteiger partial charge in [-0.1, -0.05) is 41.1 Å². The van der Waals surface area contributed by atoms with E-state index in [0.717, 1.165) is 11.3 Å². The van der Waals surface area contributed by atoms with Gasteiger partial charge in [-0.15, -0.1) is 5.10 Å². The van der Waals surface area contributed by atoms with Gasteiger partial charge in [0.2, 0.25) is 10.6 Å². The van der Waals surface area contributed by atoms with E-state index < -0.39 is 0 Å². The molecule has 0 radical (unpaired) electrons. The molecule has 5 rings (SSSR count). The van der Waals surface area contributed by atoms with Gasteiger partial charge in [0, 0.05) is 11.9 Å². The van der Waals surface area contributed by atoms with Crippen LogP contribution in [0.15, 0.2) is 81.5 Å². The predicted octanol–water partition coefficient (Wildman–Crippen LogP) is 6.67. The Labute approximate surface area is 232 Å². The fraction of sp³-hybridized carbons (Fsp3) is 0.143. The van der Waals surface area contributed by atoms with Crippen LogP contribution in [-0.2, 0) is 0 Å². The van der Waals surface area contributed by atoms with Crippen LogP contribution < -0.4 is 19.0 Å².